The normalized spacial score (nSPS) is 27.0. The van der Waals surface area contributed by atoms with E-state index in [9.17, 15) is 24.9 Å². The molecule has 26 heavy (non-hydrogen) atoms. The van der Waals surface area contributed by atoms with E-state index < -0.39 is 30.1 Å². The largest absolute Gasteiger partial charge is 0.507 e. The molecule has 0 saturated heterocycles. The number of aliphatic hydroxyl groups is 2. The molecule has 0 bridgehead atoms. The molecule has 1 aromatic carbocycles. The third-order valence-electron chi connectivity index (χ3n) is 3.95. The van der Waals surface area contributed by atoms with E-state index in [1.54, 1.807) is 6.92 Å². The topological polar surface area (TPSA) is 113 Å². The van der Waals surface area contributed by atoms with Crippen LogP contribution in [0.3, 0.4) is 0 Å². The Hall–Kier alpha value is -2.64. The van der Waals surface area contributed by atoms with Gasteiger partial charge in [-0.3, -0.25) is 4.79 Å². The fourth-order valence-electron chi connectivity index (χ4n) is 2.51. The van der Waals surface area contributed by atoms with Crippen molar-refractivity contribution in [1.82, 2.24) is 0 Å². The molecule has 2 rings (SSSR count). The van der Waals surface area contributed by atoms with Crippen LogP contribution in [0.2, 0.25) is 0 Å². The molecule has 140 valence electrons. The molecule has 3 atom stereocenters. The molecule has 1 aromatic rings. The molecule has 1 aliphatic rings. The second-order valence-electron chi connectivity index (χ2n) is 6.02. The predicted molar refractivity (Wildman–Crippen MR) is 94.0 cm³/mol. The highest BCUT2D eigenvalue weighted by atomic mass is 16.5. The first-order valence-electron chi connectivity index (χ1n) is 8.18. The lowest BCUT2D eigenvalue weighted by Gasteiger charge is -2.16. The second-order valence-corrected chi connectivity index (χ2v) is 6.02. The van der Waals surface area contributed by atoms with E-state index in [4.69, 9.17) is 9.47 Å². The average molecular weight is 362 g/mol. The maximum absolute atomic E-state index is 12.4. The number of carbonyl (C=O) groups is 2. The van der Waals surface area contributed by atoms with Crippen LogP contribution < -0.4 is 4.74 Å². The number of fused-ring (bicyclic) bond motifs is 1. The van der Waals surface area contributed by atoms with Crippen molar-refractivity contribution < 1.29 is 34.4 Å². The second kappa shape index (κ2) is 8.64. The zero-order chi connectivity index (χ0) is 19.3. The summed E-state index contributed by atoms with van der Waals surface area (Å²) in [5.74, 6) is -1.29. The molecule has 0 aliphatic carbocycles. The van der Waals surface area contributed by atoms with Crippen molar-refractivity contribution in [3.63, 3.8) is 0 Å². The highest BCUT2D eigenvalue weighted by Gasteiger charge is 2.23. The van der Waals surface area contributed by atoms with Crippen LogP contribution in [0.15, 0.2) is 30.4 Å². The van der Waals surface area contributed by atoms with Gasteiger partial charge in [0.2, 0.25) is 0 Å². The minimum atomic E-state index is -1.55. The lowest BCUT2D eigenvalue weighted by molar-refractivity contribution is -0.127. The van der Waals surface area contributed by atoms with Crippen LogP contribution in [-0.4, -0.2) is 52.5 Å². The third-order valence-corrected chi connectivity index (χ3v) is 3.95. The minimum absolute atomic E-state index is 0.0242. The first-order chi connectivity index (χ1) is 12.3. The van der Waals surface area contributed by atoms with Crippen molar-refractivity contribution in [3.05, 3.63) is 41.5 Å². The number of aliphatic hydroxyl groups excluding tert-OH is 2. The van der Waals surface area contributed by atoms with Crippen molar-refractivity contribution in [1.29, 1.82) is 0 Å². The van der Waals surface area contributed by atoms with Gasteiger partial charge in [0.1, 0.15) is 29.3 Å². The van der Waals surface area contributed by atoms with Gasteiger partial charge < -0.3 is 24.8 Å². The number of methoxy groups -OCH3 is 1. The van der Waals surface area contributed by atoms with Gasteiger partial charge in [0.25, 0.3) is 0 Å². The summed E-state index contributed by atoms with van der Waals surface area (Å²) < 4.78 is 10.4. The van der Waals surface area contributed by atoms with Gasteiger partial charge in [-0.25, -0.2) is 4.79 Å². The van der Waals surface area contributed by atoms with Crippen LogP contribution in [0.4, 0.5) is 0 Å². The summed E-state index contributed by atoms with van der Waals surface area (Å²) in [6.45, 7) is 1.64. The molecule has 3 N–H and O–H groups in total. The van der Waals surface area contributed by atoms with Crippen LogP contribution in [0.5, 0.6) is 11.5 Å². The Kier molecular flexibility index (Phi) is 6.54. The van der Waals surface area contributed by atoms with Gasteiger partial charge in [0.05, 0.1) is 13.2 Å². The molecule has 0 amide bonds. The number of phenols is 1. The number of aromatic hydroxyl groups is 1. The van der Waals surface area contributed by atoms with Gasteiger partial charge in [-0.05, 0) is 31.1 Å². The summed E-state index contributed by atoms with van der Waals surface area (Å²) in [7, 11) is 1.42. The molecule has 1 heterocycles. The van der Waals surface area contributed by atoms with Gasteiger partial charge in [0.15, 0.2) is 5.78 Å². The van der Waals surface area contributed by atoms with Crippen LogP contribution in [0.25, 0.3) is 6.08 Å². The molecular formula is C19H22O7. The van der Waals surface area contributed by atoms with Gasteiger partial charge in [-0.2, -0.15) is 0 Å². The highest BCUT2D eigenvalue weighted by molar-refractivity contribution is 5.97. The Morgan fingerprint density at radius 3 is 2.50 bits per heavy atom. The van der Waals surface area contributed by atoms with Crippen LogP contribution >= 0.6 is 0 Å². The molecule has 0 fully saturated rings. The minimum Gasteiger partial charge on any atom is -0.507 e. The van der Waals surface area contributed by atoms with Gasteiger partial charge >= 0.3 is 5.97 Å². The quantitative estimate of drug-likeness (QED) is 0.650. The summed E-state index contributed by atoms with van der Waals surface area (Å²) in [5, 5.41) is 30.0. The van der Waals surface area contributed by atoms with Gasteiger partial charge in [-0.1, -0.05) is 18.2 Å². The number of ether oxygens (including phenoxy) is 2. The van der Waals surface area contributed by atoms with Crippen LogP contribution in [-0.2, 0) is 9.53 Å². The molecule has 7 nitrogen and oxygen atoms in total. The van der Waals surface area contributed by atoms with E-state index in [1.807, 2.05) is 0 Å². The Morgan fingerprint density at radius 1 is 1.12 bits per heavy atom. The summed E-state index contributed by atoms with van der Waals surface area (Å²) >= 11 is 0. The first-order valence-corrected chi connectivity index (χ1v) is 8.18. The predicted octanol–water partition coefficient (Wildman–Crippen LogP) is 1.60. The number of carbonyl (C=O) groups excluding carboxylic acids is 2. The van der Waals surface area contributed by atoms with Crippen LogP contribution in [0.1, 0.15) is 35.7 Å². The first kappa shape index (κ1) is 19.7. The summed E-state index contributed by atoms with van der Waals surface area (Å²) in [5.41, 5.74) is 0.306. The number of hydrogen-bond donors (Lipinski definition) is 3. The molecule has 1 aliphatic heterocycles. The van der Waals surface area contributed by atoms with Gasteiger partial charge in [-0.15, -0.1) is 0 Å². The number of benzene rings is 1. The van der Waals surface area contributed by atoms with Crippen molar-refractivity contribution in [2.24, 2.45) is 0 Å². The molecule has 7 heteroatoms. The number of ketones is 1. The van der Waals surface area contributed by atoms with E-state index >= 15 is 0 Å². The fraction of sp³-hybridized carbons (Fsp3) is 0.368. The van der Waals surface area contributed by atoms with E-state index in [-0.39, 0.29) is 24.2 Å². The van der Waals surface area contributed by atoms with E-state index in [1.165, 1.54) is 37.5 Å². The van der Waals surface area contributed by atoms with E-state index in [0.29, 0.717) is 11.3 Å². The SMILES string of the molecule is COc1cc(O)c2c(c1)/C=C/C[C@H](O)[C@H](O)C(=O)/C=C\CC(C)OC2=O. The van der Waals surface area contributed by atoms with E-state index in [0.717, 1.165) is 6.08 Å². The Bertz CT molecular complexity index is 736. The molecule has 0 radical (unpaired) electrons. The molecular weight excluding hydrogens is 340 g/mol. The number of cyclic esters (lactones) is 1. The number of esters is 1. The molecule has 0 saturated carbocycles. The summed E-state index contributed by atoms with van der Waals surface area (Å²) in [4.78, 5) is 24.3. The monoisotopic (exact) mass is 362 g/mol. The molecule has 0 spiro atoms. The third kappa shape index (κ3) is 4.71. The lowest BCUT2D eigenvalue weighted by atomic mass is 10.0. The Labute approximate surface area is 151 Å². The fourth-order valence-corrected chi connectivity index (χ4v) is 2.51. The Morgan fingerprint density at radius 2 is 1.81 bits per heavy atom. The Balaban J connectivity index is 2.45. The van der Waals surface area contributed by atoms with Crippen molar-refractivity contribution in [3.8, 4) is 11.5 Å². The highest BCUT2D eigenvalue weighted by Crippen LogP contribution is 2.30. The van der Waals surface area contributed by atoms with Crippen molar-refractivity contribution >= 4 is 17.8 Å². The van der Waals surface area contributed by atoms with Crippen molar-refractivity contribution in [2.75, 3.05) is 7.11 Å². The summed E-state index contributed by atoms with van der Waals surface area (Å²) in [6, 6.07) is 2.84. The average Bonchev–Trinajstić information content (AvgIpc) is 2.59. The lowest BCUT2D eigenvalue weighted by Crippen LogP contribution is -2.32. The van der Waals surface area contributed by atoms with E-state index in [2.05, 4.69) is 0 Å². The zero-order valence-corrected chi connectivity index (χ0v) is 14.6. The number of rotatable bonds is 1. The number of hydrogen-bond acceptors (Lipinski definition) is 7. The summed E-state index contributed by atoms with van der Waals surface area (Å²) in [6.07, 6.45) is 2.42. The number of phenolic OH excluding ortho intramolecular Hbond substituents is 1. The van der Waals surface area contributed by atoms with Crippen molar-refractivity contribution in [2.45, 2.75) is 38.1 Å². The van der Waals surface area contributed by atoms with Crippen LogP contribution in [0, 0.1) is 0 Å². The van der Waals surface area contributed by atoms with Gasteiger partial charge in [0, 0.05) is 12.5 Å². The molecule has 1 unspecified atom stereocenters. The smallest absolute Gasteiger partial charge is 0.342 e. The zero-order valence-electron chi connectivity index (χ0n) is 14.6. The maximum atomic E-state index is 12.4. The maximum Gasteiger partial charge on any atom is 0.342 e. The molecule has 0 aromatic heterocycles. The standard InChI is InChI=1S/C19H22O7/c1-11-5-3-7-14(20)18(23)15(21)8-4-6-12-9-13(25-2)10-16(22)17(12)19(24)26-11/h3-4,6-7,9-11,15,18,21-23H,5,8H2,1-2H3/b6-4+,7-3-/t11?,15-,18+/m0/s1.